The topological polar surface area (TPSA) is 31.9 Å². The Morgan fingerprint density at radius 1 is 1.17 bits per heavy atom. The highest BCUT2D eigenvalue weighted by Crippen LogP contribution is 2.27. The third-order valence-electron chi connectivity index (χ3n) is 3.09. The van der Waals surface area contributed by atoms with Gasteiger partial charge in [0.1, 0.15) is 5.69 Å². The predicted molar refractivity (Wildman–Crippen MR) is 72.3 cm³/mol. The molecule has 0 atom stereocenters. The van der Waals surface area contributed by atoms with Crippen LogP contribution in [-0.2, 0) is 7.05 Å². The van der Waals surface area contributed by atoms with E-state index in [9.17, 15) is 5.21 Å². The lowest BCUT2D eigenvalue weighted by Gasteiger charge is -2.05. The van der Waals surface area contributed by atoms with E-state index in [4.69, 9.17) is 11.6 Å². The van der Waals surface area contributed by atoms with Crippen LogP contribution in [0.15, 0.2) is 48.7 Å². The Morgan fingerprint density at radius 3 is 2.78 bits per heavy atom. The Balaban J connectivity index is 2.31. The van der Waals surface area contributed by atoms with Crippen LogP contribution in [0.1, 0.15) is 0 Å². The summed E-state index contributed by atoms with van der Waals surface area (Å²) in [4.78, 5) is 0. The molecule has 2 heterocycles. The molecule has 0 spiro atoms. The third kappa shape index (κ3) is 1.64. The number of nitrogens with zero attached hydrogens (tertiary/aromatic N) is 2. The molecular weight excluding hydrogens is 248 g/mol. The molecule has 0 amide bonds. The lowest BCUT2D eigenvalue weighted by molar-refractivity contribution is -0.593. The first-order valence-corrected chi connectivity index (χ1v) is 5.98. The molecule has 0 aliphatic carbocycles. The molecule has 0 aliphatic rings. The zero-order chi connectivity index (χ0) is 12.7. The molecule has 0 radical (unpaired) electrons. The highest BCUT2D eigenvalue weighted by Gasteiger charge is 2.14. The Morgan fingerprint density at radius 2 is 2.00 bits per heavy atom. The number of hydrogen-bond donors (Lipinski definition) is 0. The Hall–Kier alpha value is -2.00. The Kier molecular flexibility index (Phi) is 2.49. The summed E-state index contributed by atoms with van der Waals surface area (Å²) in [6, 6.07) is 13.1. The predicted octanol–water partition coefficient (Wildman–Crippen LogP) is 3.13. The normalized spacial score (nSPS) is 11.0. The van der Waals surface area contributed by atoms with E-state index in [1.807, 2.05) is 48.0 Å². The van der Waals surface area contributed by atoms with Gasteiger partial charge in [-0.05, 0) is 30.3 Å². The van der Waals surface area contributed by atoms with Crippen LogP contribution in [0, 0.1) is 5.21 Å². The lowest BCUT2D eigenvalue weighted by Crippen LogP contribution is -2.28. The minimum atomic E-state index is 0.632. The summed E-state index contributed by atoms with van der Waals surface area (Å²) >= 11 is 5.98. The van der Waals surface area contributed by atoms with Gasteiger partial charge in [0.05, 0.1) is 0 Å². The van der Waals surface area contributed by atoms with Gasteiger partial charge in [0.2, 0.25) is 5.69 Å². The van der Waals surface area contributed by atoms with Gasteiger partial charge in [-0.25, -0.2) is 0 Å². The summed E-state index contributed by atoms with van der Waals surface area (Å²) in [6.45, 7) is 0. The highest BCUT2D eigenvalue weighted by molar-refractivity contribution is 6.31. The van der Waals surface area contributed by atoms with Crippen molar-refractivity contribution < 1.29 is 4.73 Å². The summed E-state index contributed by atoms with van der Waals surface area (Å²) < 4.78 is 2.87. The van der Waals surface area contributed by atoms with E-state index in [1.54, 1.807) is 6.07 Å². The van der Waals surface area contributed by atoms with E-state index in [-0.39, 0.29) is 0 Å². The first-order chi connectivity index (χ1) is 8.66. The van der Waals surface area contributed by atoms with Crippen molar-refractivity contribution in [3.63, 3.8) is 0 Å². The third-order valence-corrected chi connectivity index (χ3v) is 3.33. The van der Waals surface area contributed by atoms with Crippen LogP contribution in [0.2, 0.25) is 5.02 Å². The van der Waals surface area contributed by atoms with E-state index >= 15 is 0 Å². The number of aryl methyl sites for hydroxylation is 1. The van der Waals surface area contributed by atoms with Crippen molar-refractivity contribution in [3.8, 4) is 11.4 Å². The maximum atomic E-state index is 11.8. The molecule has 1 aromatic carbocycles. The maximum Gasteiger partial charge on any atom is 0.240 e. The molecule has 0 aliphatic heterocycles. The minimum absolute atomic E-state index is 0.632. The highest BCUT2D eigenvalue weighted by atomic mass is 35.5. The summed E-state index contributed by atoms with van der Waals surface area (Å²) in [5.41, 5.74) is 2.56. The van der Waals surface area contributed by atoms with Crippen molar-refractivity contribution in [1.29, 1.82) is 0 Å². The van der Waals surface area contributed by atoms with Gasteiger partial charge in [0.15, 0.2) is 6.20 Å². The molecule has 90 valence electrons. The molecule has 0 bridgehead atoms. The molecule has 0 saturated carbocycles. The van der Waals surface area contributed by atoms with Gasteiger partial charge in [0.25, 0.3) is 0 Å². The minimum Gasteiger partial charge on any atom is -0.618 e. The van der Waals surface area contributed by atoms with Crippen molar-refractivity contribution in [2.75, 3.05) is 0 Å². The molecule has 4 heteroatoms. The van der Waals surface area contributed by atoms with Crippen molar-refractivity contribution in [2.24, 2.45) is 7.05 Å². The average Bonchev–Trinajstić information content (AvgIpc) is 2.67. The second kappa shape index (κ2) is 4.03. The maximum absolute atomic E-state index is 11.8. The summed E-state index contributed by atoms with van der Waals surface area (Å²) in [6.07, 6.45) is 1.50. The summed E-state index contributed by atoms with van der Waals surface area (Å²) in [5, 5.41) is 13.5. The molecule has 3 rings (SSSR count). The summed E-state index contributed by atoms with van der Waals surface area (Å²) in [7, 11) is 1.94. The first kappa shape index (κ1) is 11.1. The molecular formula is C14H11ClN2O. The van der Waals surface area contributed by atoms with Crippen molar-refractivity contribution >= 4 is 22.5 Å². The number of halogens is 1. The van der Waals surface area contributed by atoms with Gasteiger partial charge in [-0.2, -0.15) is 4.73 Å². The monoisotopic (exact) mass is 258 g/mol. The molecule has 0 N–H and O–H groups in total. The number of hydrogen-bond acceptors (Lipinski definition) is 1. The molecule has 0 fully saturated rings. The van der Waals surface area contributed by atoms with Crippen LogP contribution in [0.25, 0.3) is 22.3 Å². The fourth-order valence-corrected chi connectivity index (χ4v) is 2.37. The summed E-state index contributed by atoms with van der Waals surface area (Å²) in [5.74, 6) is 0. The first-order valence-electron chi connectivity index (χ1n) is 5.60. The zero-order valence-corrected chi connectivity index (χ0v) is 10.6. The van der Waals surface area contributed by atoms with E-state index in [0.29, 0.717) is 10.7 Å². The van der Waals surface area contributed by atoms with Gasteiger partial charge in [-0.3, -0.25) is 0 Å². The molecule has 18 heavy (non-hydrogen) atoms. The molecule has 0 saturated heterocycles. The smallest absolute Gasteiger partial charge is 0.240 e. The van der Waals surface area contributed by atoms with Crippen molar-refractivity contribution in [3.05, 3.63) is 58.9 Å². The number of benzene rings is 1. The van der Waals surface area contributed by atoms with E-state index in [1.165, 1.54) is 6.20 Å². The van der Waals surface area contributed by atoms with Crippen LogP contribution in [0.4, 0.5) is 0 Å². The number of rotatable bonds is 1. The average molecular weight is 259 g/mol. The molecule has 3 aromatic rings. The van der Waals surface area contributed by atoms with Crippen LogP contribution in [0.3, 0.4) is 0 Å². The second-order valence-corrected chi connectivity index (χ2v) is 4.64. The number of aromatic nitrogens is 2. The van der Waals surface area contributed by atoms with E-state index < -0.39 is 0 Å². The zero-order valence-electron chi connectivity index (χ0n) is 9.80. The van der Waals surface area contributed by atoms with Crippen LogP contribution in [0.5, 0.6) is 0 Å². The van der Waals surface area contributed by atoms with Gasteiger partial charge < -0.3 is 9.77 Å². The van der Waals surface area contributed by atoms with Crippen molar-refractivity contribution in [2.45, 2.75) is 0 Å². The standard InChI is InChI=1S/C14H11ClN2O/c1-16-12-6-5-11(15)8-10(12)9-14(16)13-4-2-3-7-17(13)18/h2-9H,1H3. The number of fused-ring (bicyclic) bond motifs is 1. The fourth-order valence-electron chi connectivity index (χ4n) is 2.19. The Labute approximate surface area is 109 Å². The van der Waals surface area contributed by atoms with Crippen LogP contribution >= 0.6 is 11.6 Å². The molecule has 3 nitrogen and oxygen atoms in total. The van der Waals surface area contributed by atoms with Crippen LogP contribution in [-0.4, -0.2) is 4.57 Å². The second-order valence-electron chi connectivity index (χ2n) is 4.20. The number of pyridine rings is 1. The van der Waals surface area contributed by atoms with E-state index in [0.717, 1.165) is 21.3 Å². The Bertz CT molecular complexity index is 734. The largest absolute Gasteiger partial charge is 0.618 e. The fraction of sp³-hybridized carbons (Fsp3) is 0.0714. The molecule has 2 aromatic heterocycles. The van der Waals surface area contributed by atoms with Gasteiger partial charge in [-0.1, -0.05) is 11.6 Å². The SMILES string of the molecule is Cn1c(-c2cccc[n+]2[O-])cc2cc(Cl)ccc21. The quantitative estimate of drug-likeness (QED) is 0.487. The molecule has 0 unspecified atom stereocenters. The van der Waals surface area contributed by atoms with Gasteiger partial charge >= 0.3 is 0 Å². The van der Waals surface area contributed by atoms with Gasteiger partial charge in [0, 0.05) is 35.1 Å². The van der Waals surface area contributed by atoms with Crippen molar-refractivity contribution in [1.82, 2.24) is 4.57 Å². The lowest BCUT2D eigenvalue weighted by atomic mass is 10.2. The van der Waals surface area contributed by atoms with Gasteiger partial charge in [-0.15, -0.1) is 0 Å². The van der Waals surface area contributed by atoms with E-state index in [2.05, 4.69) is 0 Å². The van der Waals surface area contributed by atoms with Crippen LogP contribution < -0.4 is 4.73 Å².